The summed E-state index contributed by atoms with van der Waals surface area (Å²) >= 11 is 0. The lowest BCUT2D eigenvalue weighted by Gasteiger charge is -2.20. The maximum Gasteiger partial charge on any atom is 0.127 e. The van der Waals surface area contributed by atoms with E-state index < -0.39 is 0 Å². The standard InChI is InChI=1S/C25H29NO2/c1-4-19(2)24-12-8-9-13-25(24)27-20(3)18-26-21-14-16-23(17-15-21)28-22-10-6-5-7-11-22/h5-17,19-20,26H,4,18H2,1-3H3. The van der Waals surface area contributed by atoms with Crippen LogP contribution in [0.3, 0.4) is 0 Å². The second-order valence-corrected chi connectivity index (χ2v) is 7.10. The van der Waals surface area contributed by atoms with E-state index in [0.717, 1.165) is 35.9 Å². The van der Waals surface area contributed by atoms with Gasteiger partial charge in [0.2, 0.25) is 0 Å². The summed E-state index contributed by atoms with van der Waals surface area (Å²) in [6.07, 6.45) is 1.16. The molecule has 3 heteroatoms. The molecule has 0 fully saturated rings. The Kier molecular flexibility index (Phi) is 6.96. The van der Waals surface area contributed by atoms with Gasteiger partial charge in [0.05, 0.1) is 6.54 Å². The Bertz CT molecular complexity index is 846. The molecule has 0 aliphatic carbocycles. The number of para-hydroxylation sites is 2. The van der Waals surface area contributed by atoms with Gasteiger partial charge < -0.3 is 14.8 Å². The summed E-state index contributed by atoms with van der Waals surface area (Å²) in [6, 6.07) is 26.1. The fourth-order valence-electron chi connectivity index (χ4n) is 3.00. The van der Waals surface area contributed by atoms with Crippen molar-refractivity contribution in [2.24, 2.45) is 0 Å². The average Bonchev–Trinajstić information content (AvgIpc) is 2.74. The zero-order chi connectivity index (χ0) is 19.8. The van der Waals surface area contributed by atoms with Crippen LogP contribution in [0.15, 0.2) is 78.9 Å². The molecule has 0 amide bonds. The van der Waals surface area contributed by atoms with Gasteiger partial charge in [0.25, 0.3) is 0 Å². The van der Waals surface area contributed by atoms with E-state index in [4.69, 9.17) is 9.47 Å². The molecule has 0 saturated carbocycles. The summed E-state index contributed by atoms with van der Waals surface area (Å²) in [6.45, 7) is 7.27. The van der Waals surface area contributed by atoms with E-state index in [1.54, 1.807) is 0 Å². The summed E-state index contributed by atoms with van der Waals surface area (Å²) in [4.78, 5) is 0. The monoisotopic (exact) mass is 375 g/mol. The largest absolute Gasteiger partial charge is 0.489 e. The first-order chi connectivity index (χ1) is 13.7. The van der Waals surface area contributed by atoms with E-state index in [-0.39, 0.29) is 6.10 Å². The SMILES string of the molecule is CCC(C)c1ccccc1OC(C)CNc1ccc(Oc2ccccc2)cc1. The van der Waals surface area contributed by atoms with Crippen molar-refractivity contribution in [1.29, 1.82) is 0 Å². The van der Waals surface area contributed by atoms with Gasteiger partial charge in [0.15, 0.2) is 0 Å². The molecular weight excluding hydrogens is 346 g/mol. The van der Waals surface area contributed by atoms with Crippen molar-refractivity contribution in [2.75, 3.05) is 11.9 Å². The molecule has 3 rings (SSSR count). The van der Waals surface area contributed by atoms with Gasteiger partial charge in [-0.25, -0.2) is 0 Å². The van der Waals surface area contributed by atoms with Crippen molar-refractivity contribution in [3.05, 3.63) is 84.4 Å². The predicted molar refractivity (Wildman–Crippen MR) is 117 cm³/mol. The highest BCUT2D eigenvalue weighted by atomic mass is 16.5. The first-order valence-electron chi connectivity index (χ1n) is 9.98. The van der Waals surface area contributed by atoms with Crippen LogP contribution in [0.4, 0.5) is 5.69 Å². The van der Waals surface area contributed by atoms with Gasteiger partial charge in [0, 0.05) is 5.69 Å². The van der Waals surface area contributed by atoms with Crippen LogP contribution < -0.4 is 14.8 Å². The van der Waals surface area contributed by atoms with Crippen LogP contribution in [0.25, 0.3) is 0 Å². The van der Waals surface area contributed by atoms with Crippen LogP contribution in [-0.2, 0) is 0 Å². The number of ether oxygens (including phenoxy) is 2. The molecule has 0 aliphatic rings. The molecule has 0 aliphatic heterocycles. The predicted octanol–water partition coefficient (Wildman–Crippen LogP) is 6.87. The quantitative estimate of drug-likeness (QED) is 0.442. The number of hydrogen-bond donors (Lipinski definition) is 1. The molecule has 0 aromatic heterocycles. The highest BCUT2D eigenvalue weighted by molar-refractivity contribution is 5.47. The fraction of sp³-hybridized carbons (Fsp3) is 0.280. The first-order valence-corrected chi connectivity index (χ1v) is 9.98. The van der Waals surface area contributed by atoms with Crippen molar-refractivity contribution < 1.29 is 9.47 Å². The molecule has 3 aromatic rings. The second kappa shape index (κ2) is 9.84. The van der Waals surface area contributed by atoms with Gasteiger partial charge in [-0.05, 0) is 67.3 Å². The fourth-order valence-corrected chi connectivity index (χ4v) is 3.00. The Balaban J connectivity index is 1.53. The van der Waals surface area contributed by atoms with Crippen LogP contribution in [0.2, 0.25) is 0 Å². The summed E-state index contributed by atoms with van der Waals surface area (Å²) in [7, 11) is 0. The van der Waals surface area contributed by atoms with Crippen molar-refractivity contribution in [1.82, 2.24) is 0 Å². The summed E-state index contributed by atoms with van der Waals surface area (Å²) in [5.41, 5.74) is 2.32. The number of rotatable bonds is 9. The van der Waals surface area contributed by atoms with E-state index in [1.807, 2.05) is 60.7 Å². The summed E-state index contributed by atoms with van der Waals surface area (Å²) in [5, 5.41) is 3.44. The zero-order valence-corrected chi connectivity index (χ0v) is 16.9. The average molecular weight is 376 g/mol. The summed E-state index contributed by atoms with van der Waals surface area (Å²) in [5.74, 6) is 3.14. The van der Waals surface area contributed by atoms with Crippen molar-refractivity contribution in [3.63, 3.8) is 0 Å². The second-order valence-electron chi connectivity index (χ2n) is 7.10. The number of nitrogens with one attached hydrogen (secondary N) is 1. The van der Waals surface area contributed by atoms with Crippen LogP contribution in [0, 0.1) is 0 Å². The third-order valence-electron chi connectivity index (χ3n) is 4.82. The van der Waals surface area contributed by atoms with Gasteiger partial charge >= 0.3 is 0 Å². The van der Waals surface area contributed by atoms with Gasteiger partial charge in [-0.3, -0.25) is 0 Å². The molecular formula is C25H29NO2. The van der Waals surface area contributed by atoms with Crippen LogP contribution >= 0.6 is 0 Å². The molecule has 3 nitrogen and oxygen atoms in total. The minimum absolute atomic E-state index is 0.0606. The molecule has 0 heterocycles. The minimum Gasteiger partial charge on any atom is -0.489 e. The van der Waals surface area contributed by atoms with Gasteiger partial charge in [0.1, 0.15) is 23.4 Å². The molecule has 28 heavy (non-hydrogen) atoms. The maximum atomic E-state index is 6.21. The van der Waals surface area contributed by atoms with Gasteiger partial charge in [-0.15, -0.1) is 0 Å². The summed E-state index contributed by atoms with van der Waals surface area (Å²) < 4.78 is 12.0. The third kappa shape index (κ3) is 5.53. The molecule has 0 radical (unpaired) electrons. The number of anilines is 1. The van der Waals surface area contributed by atoms with Crippen LogP contribution in [0.1, 0.15) is 38.7 Å². The topological polar surface area (TPSA) is 30.5 Å². The molecule has 3 aromatic carbocycles. The lowest BCUT2D eigenvalue weighted by molar-refractivity contribution is 0.231. The number of benzene rings is 3. The van der Waals surface area contributed by atoms with Crippen molar-refractivity contribution >= 4 is 5.69 Å². The van der Waals surface area contributed by atoms with E-state index in [2.05, 4.69) is 44.3 Å². The van der Waals surface area contributed by atoms with E-state index in [1.165, 1.54) is 5.56 Å². The number of hydrogen-bond acceptors (Lipinski definition) is 3. The molecule has 0 bridgehead atoms. The van der Waals surface area contributed by atoms with E-state index in [0.29, 0.717) is 5.92 Å². The van der Waals surface area contributed by atoms with Gasteiger partial charge in [-0.1, -0.05) is 50.2 Å². The molecule has 2 atom stereocenters. The highest BCUT2D eigenvalue weighted by Gasteiger charge is 2.12. The van der Waals surface area contributed by atoms with Crippen LogP contribution in [0.5, 0.6) is 17.2 Å². The Morgan fingerprint density at radius 2 is 1.43 bits per heavy atom. The Morgan fingerprint density at radius 1 is 0.786 bits per heavy atom. The smallest absolute Gasteiger partial charge is 0.127 e. The molecule has 2 unspecified atom stereocenters. The molecule has 0 saturated heterocycles. The molecule has 0 spiro atoms. The van der Waals surface area contributed by atoms with Gasteiger partial charge in [-0.2, -0.15) is 0 Å². The lowest BCUT2D eigenvalue weighted by Crippen LogP contribution is -2.23. The maximum absolute atomic E-state index is 6.21. The highest BCUT2D eigenvalue weighted by Crippen LogP contribution is 2.29. The van der Waals surface area contributed by atoms with Crippen molar-refractivity contribution in [2.45, 2.75) is 39.2 Å². The van der Waals surface area contributed by atoms with E-state index >= 15 is 0 Å². The minimum atomic E-state index is 0.0606. The molecule has 146 valence electrons. The Morgan fingerprint density at radius 3 is 2.14 bits per heavy atom. The first kappa shape index (κ1) is 19.8. The van der Waals surface area contributed by atoms with Crippen LogP contribution in [-0.4, -0.2) is 12.6 Å². The van der Waals surface area contributed by atoms with E-state index in [9.17, 15) is 0 Å². The third-order valence-corrected chi connectivity index (χ3v) is 4.82. The normalized spacial score (nSPS) is 12.8. The van der Waals surface area contributed by atoms with Crippen molar-refractivity contribution in [3.8, 4) is 17.2 Å². The Labute approximate surface area is 168 Å². The zero-order valence-electron chi connectivity index (χ0n) is 16.9. The lowest BCUT2D eigenvalue weighted by atomic mass is 9.98. The Hall–Kier alpha value is -2.94. The molecule has 1 N–H and O–H groups in total.